The van der Waals surface area contributed by atoms with Crippen LogP contribution >= 0.6 is 0 Å². The largest absolute Gasteiger partial charge is 0.248 e. The van der Waals surface area contributed by atoms with Crippen LogP contribution in [0.4, 0.5) is 4.39 Å². The lowest BCUT2D eigenvalue weighted by molar-refractivity contribution is 0.441. The maximum absolute atomic E-state index is 14.4. The maximum Gasteiger partial charge on any atom is 0.214 e. The lowest BCUT2D eigenvalue weighted by Crippen LogP contribution is -2.35. The molecule has 8 heteroatoms. The Morgan fingerprint density at radius 2 is 2.17 bits per heavy atom. The third-order valence-electron chi connectivity index (χ3n) is 4.16. The first-order valence-corrected chi connectivity index (χ1v) is 9.41. The first kappa shape index (κ1) is 16.8. The molecule has 0 saturated carbocycles. The van der Waals surface area contributed by atoms with Gasteiger partial charge in [0, 0.05) is 24.8 Å². The van der Waals surface area contributed by atoms with Crippen molar-refractivity contribution in [2.45, 2.75) is 19.9 Å². The Bertz CT molecular complexity index is 847. The Morgan fingerprint density at radius 3 is 2.79 bits per heavy atom. The number of benzene rings is 1. The van der Waals surface area contributed by atoms with E-state index in [1.54, 1.807) is 36.1 Å². The number of nitrogens with zero attached hydrogens (tertiary/aromatic N) is 4. The number of sulfonamides is 1. The van der Waals surface area contributed by atoms with Gasteiger partial charge in [-0.1, -0.05) is 23.4 Å². The van der Waals surface area contributed by atoms with E-state index in [-0.39, 0.29) is 18.1 Å². The molecule has 0 aliphatic carbocycles. The predicted molar refractivity (Wildman–Crippen MR) is 89.2 cm³/mol. The smallest absolute Gasteiger partial charge is 0.214 e. The van der Waals surface area contributed by atoms with Gasteiger partial charge in [-0.25, -0.2) is 17.5 Å². The van der Waals surface area contributed by atoms with E-state index >= 15 is 0 Å². The molecule has 0 spiro atoms. The molecule has 24 heavy (non-hydrogen) atoms. The van der Waals surface area contributed by atoms with Gasteiger partial charge in [0.05, 0.1) is 18.5 Å². The molecule has 1 aliphatic heterocycles. The molecule has 3 rings (SSSR count). The van der Waals surface area contributed by atoms with E-state index in [1.807, 2.05) is 6.07 Å². The summed E-state index contributed by atoms with van der Waals surface area (Å²) in [5.41, 5.74) is 2.19. The van der Waals surface area contributed by atoms with Crippen LogP contribution < -0.4 is 0 Å². The number of rotatable bonds is 5. The standard InChI is InChI=1S/C16H19FN4O2S/c1-2-24(22,23)21-9-6-13(7-10-21)16-14(4-3-5-15(16)17)12-20-11-8-18-19-20/h3-6,8,11H,2,7,9-10,12H2,1H3. The van der Waals surface area contributed by atoms with Crippen molar-refractivity contribution in [2.75, 3.05) is 18.8 Å². The highest BCUT2D eigenvalue weighted by molar-refractivity contribution is 7.89. The fraction of sp³-hybridized carbons (Fsp3) is 0.375. The third kappa shape index (κ3) is 3.39. The lowest BCUT2D eigenvalue weighted by Gasteiger charge is -2.26. The van der Waals surface area contributed by atoms with Crippen molar-refractivity contribution in [3.63, 3.8) is 0 Å². The average molecular weight is 350 g/mol. The van der Waals surface area contributed by atoms with Crippen molar-refractivity contribution in [1.29, 1.82) is 0 Å². The summed E-state index contributed by atoms with van der Waals surface area (Å²) < 4.78 is 41.4. The summed E-state index contributed by atoms with van der Waals surface area (Å²) in [6, 6.07) is 4.95. The second kappa shape index (κ2) is 6.82. The van der Waals surface area contributed by atoms with Gasteiger partial charge in [0.15, 0.2) is 0 Å². The fourth-order valence-corrected chi connectivity index (χ4v) is 3.90. The van der Waals surface area contributed by atoms with Crippen molar-refractivity contribution >= 4 is 15.6 Å². The summed E-state index contributed by atoms with van der Waals surface area (Å²) >= 11 is 0. The lowest BCUT2D eigenvalue weighted by atomic mass is 9.95. The fourth-order valence-electron chi connectivity index (χ4n) is 2.86. The number of hydrogen-bond donors (Lipinski definition) is 0. The van der Waals surface area contributed by atoms with Gasteiger partial charge in [0.25, 0.3) is 0 Å². The van der Waals surface area contributed by atoms with Crippen LogP contribution in [0.3, 0.4) is 0 Å². The Kier molecular flexibility index (Phi) is 4.77. The first-order valence-electron chi connectivity index (χ1n) is 7.80. The first-order chi connectivity index (χ1) is 11.5. The third-order valence-corrected chi connectivity index (χ3v) is 6.00. The van der Waals surface area contributed by atoms with Crippen LogP contribution in [0.5, 0.6) is 0 Å². The van der Waals surface area contributed by atoms with Gasteiger partial charge in [-0.3, -0.25) is 0 Å². The van der Waals surface area contributed by atoms with Gasteiger partial charge in [0.2, 0.25) is 10.0 Å². The van der Waals surface area contributed by atoms with Gasteiger partial charge in [0.1, 0.15) is 5.82 Å². The summed E-state index contributed by atoms with van der Waals surface area (Å²) in [6.07, 6.45) is 5.59. The van der Waals surface area contributed by atoms with Crippen LogP contribution in [0.1, 0.15) is 24.5 Å². The molecular formula is C16H19FN4O2S. The van der Waals surface area contributed by atoms with Gasteiger partial charge in [-0.15, -0.1) is 5.10 Å². The summed E-state index contributed by atoms with van der Waals surface area (Å²) in [5.74, 6) is -0.224. The van der Waals surface area contributed by atoms with Crippen molar-refractivity contribution in [2.24, 2.45) is 0 Å². The zero-order valence-corrected chi connectivity index (χ0v) is 14.2. The van der Waals surface area contributed by atoms with Gasteiger partial charge < -0.3 is 0 Å². The van der Waals surface area contributed by atoms with E-state index in [9.17, 15) is 12.8 Å². The zero-order valence-electron chi connectivity index (χ0n) is 13.4. The second-order valence-electron chi connectivity index (χ2n) is 5.61. The zero-order chi connectivity index (χ0) is 17.2. The molecule has 1 aliphatic rings. The molecule has 0 bridgehead atoms. The van der Waals surface area contributed by atoms with Crippen LogP contribution in [0, 0.1) is 5.82 Å². The van der Waals surface area contributed by atoms with Crippen LogP contribution in [0.2, 0.25) is 0 Å². The topological polar surface area (TPSA) is 68.1 Å². The molecule has 0 N–H and O–H groups in total. The monoisotopic (exact) mass is 350 g/mol. The SMILES string of the molecule is CCS(=O)(=O)N1CC=C(c2c(F)cccc2Cn2ccnn2)CC1. The van der Waals surface area contributed by atoms with Gasteiger partial charge in [-0.2, -0.15) is 4.31 Å². The van der Waals surface area contributed by atoms with Gasteiger partial charge >= 0.3 is 0 Å². The Hall–Kier alpha value is -2.06. The number of hydrogen-bond acceptors (Lipinski definition) is 4. The quantitative estimate of drug-likeness (QED) is 0.826. The van der Waals surface area contributed by atoms with Crippen LogP contribution in [-0.2, 0) is 16.6 Å². The van der Waals surface area contributed by atoms with Crippen molar-refractivity contribution in [3.8, 4) is 0 Å². The molecular weight excluding hydrogens is 331 g/mol. The summed E-state index contributed by atoms with van der Waals surface area (Å²) in [5, 5.41) is 7.68. The Balaban J connectivity index is 1.90. The molecule has 0 amide bonds. The summed E-state index contributed by atoms with van der Waals surface area (Å²) in [7, 11) is -3.22. The molecule has 1 aromatic heterocycles. The predicted octanol–water partition coefficient (Wildman–Crippen LogP) is 1.90. The van der Waals surface area contributed by atoms with Crippen LogP contribution in [0.25, 0.3) is 5.57 Å². The minimum atomic E-state index is -3.22. The van der Waals surface area contributed by atoms with E-state index in [0.717, 1.165) is 11.1 Å². The highest BCUT2D eigenvalue weighted by Gasteiger charge is 2.24. The van der Waals surface area contributed by atoms with Crippen LogP contribution in [0.15, 0.2) is 36.7 Å². The second-order valence-corrected chi connectivity index (χ2v) is 7.87. The van der Waals surface area contributed by atoms with Crippen molar-refractivity contribution < 1.29 is 12.8 Å². The molecule has 2 aromatic rings. The molecule has 0 radical (unpaired) electrons. The Labute approximate surface area is 140 Å². The molecule has 0 saturated heterocycles. The summed E-state index contributed by atoms with van der Waals surface area (Å²) in [4.78, 5) is 0. The minimum Gasteiger partial charge on any atom is -0.248 e. The molecule has 6 nitrogen and oxygen atoms in total. The Morgan fingerprint density at radius 1 is 1.33 bits per heavy atom. The van der Waals surface area contributed by atoms with Crippen LogP contribution in [-0.4, -0.2) is 46.6 Å². The average Bonchev–Trinajstić information content (AvgIpc) is 3.08. The molecule has 1 aromatic carbocycles. The molecule has 128 valence electrons. The normalized spacial score (nSPS) is 16.2. The minimum absolute atomic E-state index is 0.0768. The van der Waals surface area contributed by atoms with E-state index in [0.29, 0.717) is 25.1 Å². The van der Waals surface area contributed by atoms with E-state index in [1.165, 1.54) is 10.4 Å². The molecule has 0 atom stereocenters. The van der Waals surface area contributed by atoms with Crippen molar-refractivity contribution in [1.82, 2.24) is 19.3 Å². The maximum atomic E-state index is 14.4. The number of halogens is 1. The van der Waals surface area contributed by atoms with E-state index in [4.69, 9.17) is 0 Å². The number of aromatic nitrogens is 3. The molecule has 0 fully saturated rings. The highest BCUT2D eigenvalue weighted by Crippen LogP contribution is 2.29. The van der Waals surface area contributed by atoms with E-state index in [2.05, 4.69) is 10.3 Å². The summed E-state index contributed by atoms with van der Waals surface area (Å²) in [6.45, 7) is 2.70. The van der Waals surface area contributed by atoms with Gasteiger partial charge in [-0.05, 0) is 30.5 Å². The molecule has 2 heterocycles. The highest BCUT2D eigenvalue weighted by atomic mass is 32.2. The molecule has 0 unspecified atom stereocenters. The van der Waals surface area contributed by atoms with E-state index < -0.39 is 10.0 Å². The van der Waals surface area contributed by atoms with Crippen molar-refractivity contribution in [3.05, 3.63) is 53.6 Å².